The van der Waals surface area contributed by atoms with Gasteiger partial charge in [0.05, 0.1) is 0 Å². The van der Waals surface area contributed by atoms with E-state index in [1.807, 2.05) is 0 Å². The highest BCUT2D eigenvalue weighted by molar-refractivity contribution is 6.17. The van der Waals surface area contributed by atoms with Crippen molar-refractivity contribution < 1.29 is 4.79 Å². The lowest BCUT2D eigenvalue weighted by molar-refractivity contribution is -0.118. The zero-order valence-corrected chi connectivity index (χ0v) is 13.2. The molecule has 114 valence electrons. The molecule has 0 saturated carbocycles. The fourth-order valence-corrected chi connectivity index (χ4v) is 2.53. The molecule has 0 unspecified atom stereocenters. The van der Waals surface area contributed by atoms with Gasteiger partial charge in [0.2, 0.25) is 5.91 Å². The maximum atomic E-state index is 10.5. The standard InChI is InChI=1S/C16H32ClNO/c17-15-13-11-9-7-5-3-1-2-4-6-8-10-12-14-16(18)19/h1-15H2,(H2,18,19). The van der Waals surface area contributed by atoms with Crippen LogP contribution in [-0.2, 0) is 4.79 Å². The molecule has 0 aliphatic rings. The van der Waals surface area contributed by atoms with Gasteiger partial charge in [-0.05, 0) is 12.8 Å². The third-order valence-electron chi connectivity index (χ3n) is 3.56. The molecule has 0 spiro atoms. The first kappa shape index (κ1) is 18.8. The summed E-state index contributed by atoms with van der Waals surface area (Å²) in [5.74, 6) is 0.658. The van der Waals surface area contributed by atoms with Crippen LogP contribution in [0.25, 0.3) is 0 Å². The van der Waals surface area contributed by atoms with Crippen molar-refractivity contribution in [3.05, 3.63) is 0 Å². The average Bonchev–Trinajstić information content (AvgIpc) is 2.39. The van der Waals surface area contributed by atoms with Crippen LogP contribution in [0.2, 0.25) is 0 Å². The van der Waals surface area contributed by atoms with Crippen LogP contribution < -0.4 is 5.73 Å². The minimum Gasteiger partial charge on any atom is -0.370 e. The molecule has 0 atom stereocenters. The zero-order valence-electron chi connectivity index (χ0n) is 12.5. The normalized spacial score (nSPS) is 10.8. The van der Waals surface area contributed by atoms with Gasteiger partial charge < -0.3 is 5.73 Å². The van der Waals surface area contributed by atoms with Crippen molar-refractivity contribution in [2.24, 2.45) is 5.73 Å². The third kappa shape index (κ3) is 17.8. The van der Waals surface area contributed by atoms with Crippen molar-refractivity contribution in [1.82, 2.24) is 0 Å². The Morgan fingerprint density at radius 1 is 0.632 bits per heavy atom. The molecule has 0 aromatic heterocycles. The van der Waals surface area contributed by atoms with Crippen molar-refractivity contribution in [3.8, 4) is 0 Å². The van der Waals surface area contributed by atoms with Crippen LogP contribution in [0.1, 0.15) is 89.9 Å². The lowest BCUT2D eigenvalue weighted by Crippen LogP contribution is -2.09. The molecule has 0 saturated heterocycles. The second-order valence-electron chi connectivity index (χ2n) is 5.50. The fourth-order valence-electron chi connectivity index (χ4n) is 2.34. The fraction of sp³-hybridized carbons (Fsp3) is 0.938. The summed E-state index contributed by atoms with van der Waals surface area (Å²) in [7, 11) is 0. The van der Waals surface area contributed by atoms with Crippen molar-refractivity contribution >= 4 is 17.5 Å². The van der Waals surface area contributed by atoms with Gasteiger partial charge in [-0.25, -0.2) is 0 Å². The van der Waals surface area contributed by atoms with E-state index in [0.29, 0.717) is 6.42 Å². The molecule has 0 rings (SSSR count). The van der Waals surface area contributed by atoms with Gasteiger partial charge >= 0.3 is 0 Å². The molecule has 2 N–H and O–H groups in total. The summed E-state index contributed by atoms with van der Waals surface area (Å²) >= 11 is 5.64. The number of alkyl halides is 1. The van der Waals surface area contributed by atoms with E-state index in [9.17, 15) is 4.79 Å². The van der Waals surface area contributed by atoms with E-state index in [4.69, 9.17) is 17.3 Å². The quantitative estimate of drug-likeness (QED) is 0.328. The van der Waals surface area contributed by atoms with Gasteiger partial charge in [-0.2, -0.15) is 0 Å². The first-order valence-corrected chi connectivity index (χ1v) is 8.65. The molecule has 2 nitrogen and oxygen atoms in total. The number of rotatable bonds is 15. The predicted octanol–water partition coefficient (Wildman–Crippen LogP) is 5.17. The number of primary amides is 1. The van der Waals surface area contributed by atoms with Gasteiger partial charge in [-0.3, -0.25) is 4.79 Å². The number of amides is 1. The number of nitrogens with two attached hydrogens (primary N) is 1. The number of hydrogen-bond donors (Lipinski definition) is 1. The Hall–Kier alpha value is -0.240. The van der Waals surface area contributed by atoms with Gasteiger partial charge in [0.25, 0.3) is 0 Å². The van der Waals surface area contributed by atoms with E-state index >= 15 is 0 Å². The summed E-state index contributed by atoms with van der Waals surface area (Å²) in [5, 5.41) is 0. The lowest BCUT2D eigenvalue weighted by atomic mass is 10.0. The molecule has 19 heavy (non-hydrogen) atoms. The van der Waals surface area contributed by atoms with E-state index in [-0.39, 0.29) is 5.91 Å². The van der Waals surface area contributed by atoms with E-state index in [2.05, 4.69) is 0 Å². The van der Waals surface area contributed by atoms with Crippen molar-refractivity contribution in [2.45, 2.75) is 89.9 Å². The monoisotopic (exact) mass is 289 g/mol. The first-order valence-electron chi connectivity index (χ1n) is 8.11. The molecule has 0 bridgehead atoms. The minimum absolute atomic E-state index is 0.161. The molecule has 3 heteroatoms. The molecular formula is C16H32ClNO. The molecular weight excluding hydrogens is 258 g/mol. The zero-order chi connectivity index (χ0) is 14.2. The summed E-state index contributed by atoms with van der Waals surface area (Å²) in [5.41, 5.74) is 5.09. The highest BCUT2D eigenvalue weighted by Crippen LogP contribution is 2.12. The Bertz CT molecular complexity index is 197. The van der Waals surface area contributed by atoms with Crippen LogP contribution >= 0.6 is 11.6 Å². The summed E-state index contributed by atoms with van der Waals surface area (Å²) in [6.45, 7) is 0. The first-order chi connectivity index (χ1) is 9.27. The Labute approximate surface area is 124 Å². The highest BCUT2D eigenvalue weighted by Gasteiger charge is 1.95. The highest BCUT2D eigenvalue weighted by atomic mass is 35.5. The van der Waals surface area contributed by atoms with E-state index < -0.39 is 0 Å². The van der Waals surface area contributed by atoms with Crippen LogP contribution in [0.15, 0.2) is 0 Å². The van der Waals surface area contributed by atoms with E-state index in [1.54, 1.807) is 0 Å². The number of carbonyl (C=O) groups excluding carboxylic acids is 1. The van der Waals surface area contributed by atoms with Gasteiger partial charge in [-0.1, -0.05) is 70.6 Å². The third-order valence-corrected chi connectivity index (χ3v) is 3.82. The van der Waals surface area contributed by atoms with Crippen LogP contribution in [0.5, 0.6) is 0 Å². The van der Waals surface area contributed by atoms with E-state index in [0.717, 1.165) is 18.7 Å². The molecule has 0 fully saturated rings. The molecule has 0 aliphatic carbocycles. The second kappa shape index (κ2) is 15.8. The Kier molecular flexibility index (Phi) is 15.6. The number of carbonyl (C=O) groups is 1. The van der Waals surface area contributed by atoms with Gasteiger partial charge in [-0.15, -0.1) is 11.6 Å². The minimum atomic E-state index is -0.161. The molecule has 0 radical (unpaired) electrons. The van der Waals surface area contributed by atoms with Crippen molar-refractivity contribution in [1.29, 1.82) is 0 Å². The summed E-state index contributed by atoms with van der Waals surface area (Å²) in [6.07, 6.45) is 17.4. The summed E-state index contributed by atoms with van der Waals surface area (Å²) in [4.78, 5) is 10.5. The maximum Gasteiger partial charge on any atom is 0.217 e. The predicted molar refractivity (Wildman–Crippen MR) is 84.6 cm³/mol. The van der Waals surface area contributed by atoms with Crippen molar-refractivity contribution in [3.63, 3.8) is 0 Å². The molecule has 0 aromatic rings. The Morgan fingerprint density at radius 3 is 1.26 bits per heavy atom. The van der Waals surface area contributed by atoms with Crippen LogP contribution in [-0.4, -0.2) is 11.8 Å². The van der Waals surface area contributed by atoms with Crippen LogP contribution in [0.4, 0.5) is 0 Å². The molecule has 0 aromatic carbocycles. The van der Waals surface area contributed by atoms with Gasteiger partial charge in [0.1, 0.15) is 0 Å². The summed E-state index contributed by atoms with van der Waals surface area (Å²) in [6, 6.07) is 0. The number of hydrogen-bond acceptors (Lipinski definition) is 1. The van der Waals surface area contributed by atoms with Crippen LogP contribution in [0, 0.1) is 0 Å². The smallest absolute Gasteiger partial charge is 0.217 e. The topological polar surface area (TPSA) is 43.1 Å². The molecule has 0 heterocycles. The van der Waals surface area contributed by atoms with E-state index in [1.165, 1.54) is 70.6 Å². The second-order valence-corrected chi connectivity index (χ2v) is 5.88. The van der Waals surface area contributed by atoms with Gasteiger partial charge in [0.15, 0.2) is 0 Å². The number of halogens is 1. The largest absolute Gasteiger partial charge is 0.370 e. The Balaban J connectivity index is 2.93. The molecule has 0 aliphatic heterocycles. The van der Waals surface area contributed by atoms with Gasteiger partial charge in [0, 0.05) is 12.3 Å². The summed E-state index contributed by atoms with van der Waals surface area (Å²) < 4.78 is 0. The lowest BCUT2D eigenvalue weighted by Gasteiger charge is -2.02. The maximum absolute atomic E-state index is 10.5. The molecule has 1 amide bonds. The number of unbranched alkanes of at least 4 members (excludes halogenated alkanes) is 12. The SMILES string of the molecule is NC(=O)CCCCCCCCCCCCCCCCl. The van der Waals surface area contributed by atoms with Crippen molar-refractivity contribution in [2.75, 3.05) is 5.88 Å². The Morgan fingerprint density at radius 2 is 0.947 bits per heavy atom. The van der Waals surface area contributed by atoms with Crippen LogP contribution in [0.3, 0.4) is 0 Å². The average molecular weight is 290 g/mol.